The van der Waals surface area contributed by atoms with Gasteiger partial charge in [-0.1, -0.05) is 0 Å². The van der Waals surface area contributed by atoms with Crippen LogP contribution in [-0.2, 0) is 17.1 Å². The number of nitrogens with zero attached hydrogens (tertiary/aromatic N) is 2. The van der Waals surface area contributed by atoms with E-state index in [1.807, 2.05) is 0 Å². The molecule has 0 spiro atoms. The van der Waals surface area contributed by atoms with Crippen molar-refractivity contribution >= 4 is 21.6 Å². The van der Waals surface area contributed by atoms with E-state index in [9.17, 15) is 22.0 Å². The first kappa shape index (κ1) is 17.0. The van der Waals surface area contributed by atoms with E-state index in [1.165, 1.54) is 28.2 Å². The van der Waals surface area contributed by atoms with Gasteiger partial charge in [-0.3, -0.25) is 4.79 Å². The van der Waals surface area contributed by atoms with Crippen molar-refractivity contribution in [3.8, 4) is 5.75 Å². The molecular weight excluding hydrogens is 368 g/mol. The second kappa shape index (κ2) is 5.78. The number of carbonyl (C=O) groups is 1. The summed E-state index contributed by atoms with van der Waals surface area (Å²) in [5.41, 5.74) is 0.0416. The minimum atomic E-state index is -3.74. The van der Waals surface area contributed by atoms with E-state index in [2.05, 4.69) is 5.32 Å². The highest BCUT2D eigenvalue weighted by molar-refractivity contribution is 7.89. The van der Waals surface area contributed by atoms with Crippen molar-refractivity contribution in [2.45, 2.75) is 17.4 Å². The third-order valence-corrected chi connectivity index (χ3v) is 6.54. The predicted octanol–water partition coefficient (Wildman–Crippen LogP) is 1.71. The van der Waals surface area contributed by atoms with Gasteiger partial charge in [0.1, 0.15) is 11.5 Å². The van der Waals surface area contributed by atoms with Crippen LogP contribution in [0.3, 0.4) is 0 Å². The molecule has 1 saturated heterocycles. The monoisotopic (exact) mass is 383 g/mol. The number of carbonyl (C=O) groups excluding carboxylic acids is 1. The third kappa shape index (κ3) is 2.48. The van der Waals surface area contributed by atoms with Gasteiger partial charge in [0.05, 0.1) is 6.04 Å². The minimum absolute atomic E-state index is 0.00388. The van der Waals surface area contributed by atoms with Gasteiger partial charge in [0.2, 0.25) is 10.0 Å². The second-order valence-corrected chi connectivity index (χ2v) is 8.09. The van der Waals surface area contributed by atoms with Crippen LogP contribution in [0.4, 0.5) is 14.5 Å². The lowest BCUT2D eigenvalue weighted by atomic mass is 10.1. The largest absolute Gasteiger partial charge is 0.488 e. The van der Waals surface area contributed by atoms with Gasteiger partial charge < -0.3 is 14.6 Å². The van der Waals surface area contributed by atoms with Crippen molar-refractivity contribution in [1.82, 2.24) is 8.87 Å². The molecule has 1 aromatic carbocycles. The number of amides is 1. The number of fused-ring (bicyclic) bond motifs is 2. The highest BCUT2D eigenvalue weighted by Gasteiger charge is 2.45. The zero-order chi connectivity index (χ0) is 18.6. The van der Waals surface area contributed by atoms with Crippen LogP contribution in [0, 0.1) is 11.6 Å². The van der Waals surface area contributed by atoms with Gasteiger partial charge in [-0.05, 0) is 18.6 Å². The number of nitrogens with one attached hydrogen (secondary N) is 1. The molecule has 0 radical (unpaired) electrons. The quantitative estimate of drug-likeness (QED) is 0.856. The van der Waals surface area contributed by atoms with Crippen LogP contribution in [0.25, 0.3) is 0 Å². The Kier molecular flexibility index (Phi) is 3.77. The third-order valence-electron chi connectivity index (χ3n) is 4.59. The molecule has 1 unspecified atom stereocenters. The lowest BCUT2D eigenvalue weighted by Crippen LogP contribution is -2.52. The van der Waals surface area contributed by atoms with Crippen molar-refractivity contribution in [3.63, 3.8) is 0 Å². The summed E-state index contributed by atoms with van der Waals surface area (Å²) in [6.45, 7) is 0.572. The number of rotatable bonds is 2. The van der Waals surface area contributed by atoms with Crippen molar-refractivity contribution in [2.75, 3.05) is 18.5 Å². The molecule has 3 heterocycles. The highest BCUT2D eigenvalue weighted by Crippen LogP contribution is 2.39. The molecule has 1 amide bonds. The fourth-order valence-corrected chi connectivity index (χ4v) is 4.97. The van der Waals surface area contributed by atoms with Gasteiger partial charge in [0.25, 0.3) is 5.91 Å². The number of hydrogen-bond donors (Lipinski definition) is 1. The second-order valence-electron chi connectivity index (χ2n) is 6.23. The standard InChI is InChI=1S/C16H15F2N3O4S/c1-20-7-13-15(25-8-10-4-5-21(10)26(13,23)24)14(20)16(22)19-9-2-3-11(17)12(18)6-9/h2-3,6-7,10H,4-5,8H2,1H3,(H,19,22). The Morgan fingerprint density at radius 3 is 2.73 bits per heavy atom. The molecule has 26 heavy (non-hydrogen) atoms. The molecule has 1 atom stereocenters. The summed E-state index contributed by atoms with van der Waals surface area (Å²) in [5, 5.41) is 2.43. The zero-order valence-electron chi connectivity index (χ0n) is 13.7. The molecule has 0 bridgehead atoms. The lowest BCUT2D eigenvalue weighted by molar-refractivity contribution is 0.100. The molecule has 0 saturated carbocycles. The van der Waals surface area contributed by atoms with Crippen molar-refractivity contribution in [1.29, 1.82) is 0 Å². The molecule has 1 N–H and O–H groups in total. The van der Waals surface area contributed by atoms with E-state index in [0.29, 0.717) is 13.0 Å². The highest BCUT2D eigenvalue weighted by atomic mass is 32.2. The summed E-state index contributed by atoms with van der Waals surface area (Å²) in [6, 6.07) is 2.71. The van der Waals surface area contributed by atoms with Gasteiger partial charge in [-0.15, -0.1) is 0 Å². The normalized spacial score (nSPS) is 21.0. The van der Waals surface area contributed by atoms with Crippen LogP contribution in [0.2, 0.25) is 0 Å². The smallest absolute Gasteiger partial charge is 0.276 e. The number of hydrogen-bond acceptors (Lipinski definition) is 4. The topological polar surface area (TPSA) is 80.6 Å². The van der Waals surface area contributed by atoms with E-state index < -0.39 is 27.6 Å². The van der Waals surface area contributed by atoms with Gasteiger partial charge in [-0.25, -0.2) is 17.2 Å². The van der Waals surface area contributed by atoms with Gasteiger partial charge in [0, 0.05) is 31.5 Å². The Hall–Kier alpha value is -2.46. The summed E-state index contributed by atoms with van der Waals surface area (Å²) >= 11 is 0. The molecule has 2 aliphatic rings. The maximum Gasteiger partial charge on any atom is 0.276 e. The van der Waals surface area contributed by atoms with Crippen molar-refractivity contribution < 1.29 is 26.7 Å². The maximum absolute atomic E-state index is 13.3. The zero-order valence-corrected chi connectivity index (χ0v) is 14.5. The van der Waals surface area contributed by atoms with Crippen LogP contribution in [-0.4, -0.2) is 42.4 Å². The molecule has 2 aromatic rings. The summed E-state index contributed by atoms with van der Waals surface area (Å²) in [5.74, 6) is -2.84. The molecule has 0 aliphatic carbocycles. The Morgan fingerprint density at radius 2 is 2.08 bits per heavy atom. The van der Waals surface area contributed by atoms with E-state index in [-0.39, 0.29) is 34.7 Å². The SMILES string of the molecule is Cn1cc2c(c1C(=O)Nc1ccc(F)c(F)c1)OCC1CCN1S2(=O)=O. The lowest BCUT2D eigenvalue weighted by Gasteiger charge is -2.36. The summed E-state index contributed by atoms with van der Waals surface area (Å²) in [6.07, 6.45) is 2.03. The number of aryl methyl sites for hydroxylation is 1. The van der Waals surface area contributed by atoms with Crippen LogP contribution >= 0.6 is 0 Å². The van der Waals surface area contributed by atoms with E-state index in [4.69, 9.17) is 4.74 Å². The fraction of sp³-hybridized carbons (Fsp3) is 0.312. The van der Waals surface area contributed by atoms with E-state index >= 15 is 0 Å². The fourth-order valence-electron chi connectivity index (χ4n) is 3.13. The number of ether oxygens (including phenoxy) is 1. The summed E-state index contributed by atoms with van der Waals surface area (Å²) < 4.78 is 60.1. The molecule has 138 valence electrons. The maximum atomic E-state index is 13.3. The number of aromatic nitrogens is 1. The van der Waals surface area contributed by atoms with Crippen molar-refractivity contribution in [2.24, 2.45) is 7.05 Å². The molecule has 1 aromatic heterocycles. The van der Waals surface area contributed by atoms with Crippen LogP contribution in [0.1, 0.15) is 16.9 Å². The molecule has 2 aliphatic heterocycles. The van der Waals surface area contributed by atoms with Crippen LogP contribution < -0.4 is 10.1 Å². The molecule has 4 rings (SSSR count). The summed E-state index contributed by atoms with van der Waals surface area (Å²) in [7, 11) is -2.23. The molecular formula is C16H15F2N3O4S. The first-order valence-corrected chi connectivity index (χ1v) is 9.33. The first-order chi connectivity index (χ1) is 12.3. The predicted molar refractivity (Wildman–Crippen MR) is 87.5 cm³/mol. The summed E-state index contributed by atoms with van der Waals surface area (Å²) in [4.78, 5) is 12.6. The van der Waals surface area contributed by atoms with Gasteiger partial charge >= 0.3 is 0 Å². The number of benzene rings is 1. The van der Waals surface area contributed by atoms with Gasteiger partial charge in [-0.2, -0.15) is 4.31 Å². The Bertz CT molecular complexity index is 1020. The Balaban J connectivity index is 1.72. The number of sulfonamides is 1. The first-order valence-electron chi connectivity index (χ1n) is 7.89. The van der Waals surface area contributed by atoms with E-state index in [0.717, 1.165) is 12.1 Å². The molecule has 10 heteroatoms. The Morgan fingerprint density at radius 1 is 1.31 bits per heavy atom. The minimum Gasteiger partial charge on any atom is -0.488 e. The molecule has 7 nitrogen and oxygen atoms in total. The molecule has 1 fully saturated rings. The van der Waals surface area contributed by atoms with E-state index in [1.54, 1.807) is 0 Å². The average Bonchev–Trinajstić information content (AvgIpc) is 2.84. The van der Waals surface area contributed by atoms with Gasteiger partial charge in [0.15, 0.2) is 23.1 Å². The average molecular weight is 383 g/mol. The Labute approximate surface area is 148 Å². The number of anilines is 1. The van der Waals surface area contributed by atoms with Crippen LogP contribution in [0.5, 0.6) is 5.75 Å². The van der Waals surface area contributed by atoms with Crippen molar-refractivity contribution in [3.05, 3.63) is 41.7 Å². The van der Waals surface area contributed by atoms with Crippen LogP contribution in [0.15, 0.2) is 29.3 Å². The number of halogens is 2.